The van der Waals surface area contributed by atoms with Gasteiger partial charge in [-0.3, -0.25) is 14.5 Å². The maximum atomic E-state index is 12.8. The van der Waals surface area contributed by atoms with E-state index in [9.17, 15) is 14.4 Å². The Bertz CT molecular complexity index is 1270. The molecule has 2 aromatic carbocycles. The van der Waals surface area contributed by atoms with Gasteiger partial charge >= 0.3 is 5.97 Å². The van der Waals surface area contributed by atoms with Gasteiger partial charge in [0.1, 0.15) is 11.5 Å². The second kappa shape index (κ2) is 9.87. The van der Waals surface area contributed by atoms with Gasteiger partial charge in [-0.1, -0.05) is 41.4 Å². The van der Waals surface area contributed by atoms with E-state index in [0.717, 1.165) is 22.2 Å². The SMILES string of the molecule is CCOC(=O)c1ccc(-c2ccc(/C=C3/SC(=O)N(Cc4ccc(Cl)c(Cl)c4)C3=O)o2)cc1. The molecule has 2 amide bonds. The van der Waals surface area contributed by atoms with Crippen molar-refractivity contribution in [3.8, 4) is 11.3 Å². The molecule has 4 rings (SSSR count). The number of hydrogen-bond acceptors (Lipinski definition) is 6. The molecule has 0 radical (unpaired) electrons. The summed E-state index contributed by atoms with van der Waals surface area (Å²) in [6, 6.07) is 15.2. The number of ether oxygens (including phenoxy) is 1. The standard InChI is InChI=1S/C24H17Cl2NO5S/c1-2-31-23(29)16-6-4-15(5-7-16)20-10-8-17(32-20)12-21-22(28)27(24(30)33-21)13-14-3-9-18(25)19(26)11-14/h3-12H,2,13H2,1H3/b21-12+. The van der Waals surface area contributed by atoms with Gasteiger partial charge in [-0.05, 0) is 60.6 Å². The summed E-state index contributed by atoms with van der Waals surface area (Å²) >= 11 is 12.8. The molecular formula is C24H17Cl2NO5S. The van der Waals surface area contributed by atoms with Crippen LogP contribution in [0.15, 0.2) is 63.9 Å². The molecule has 0 unspecified atom stereocenters. The van der Waals surface area contributed by atoms with Crippen LogP contribution >= 0.6 is 35.0 Å². The third-order valence-electron chi connectivity index (χ3n) is 4.78. The summed E-state index contributed by atoms with van der Waals surface area (Å²) in [6.07, 6.45) is 1.54. The molecule has 6 nitrogen and oxygen atoms in total. The van der Waals surface area contributed by atoms with Crippen molar-refractivity contribution in [3.05, 3.63) is 86.4 Å². The highest BCUT2D eigenvalue weighted by Crippen LogP contribution is 2.35. The maximum Gasteiger partial charge on any atom is 0.338 e. The first kappa shape index (κ1) is 23.2. The van der Waals surface area contributed by atoms with E-state index in [1.165, 1.54) is 6.08 Å². The molecule has 0 saturated carbocycles. The minimum atomic E-state index is -0.409. The number of carbonyl (C=O) groups is 3. The number of furan rings is 1. The Hall–Kier alpha value is -3.00. The first-order chi connectivity index (χ1) is 15.9. The number of halogens is 2. The van der Waals surface area contributed by atoms with E-state index >= 15 is 0 Å². The summed E-state index contributed by atoms with van der Waals surface area (Å²) < 4.78 is 10.8. The minimum absolute atomic E-state index is 0.0924. The van der Waals surface area contributed by atoms with Crippen LogP contribution in [0, 0.1) is 0 Å². The quantitative estimate of drug-likeness (QED) is 0.277. The fourth-order valence-corrected chi connectivity index (χ4v) is 4.30. The van der Waals surface area contributed by atoms with Crippen LogP contribution in [0.3, 0.4) is 0 Å². The first-order valence-corrected chi connectivity index (χ1v) is 11.5. The Morgan fingerprint density at radius 2 is 1.82 bits per heavy atom. The normalized spacial score (nSPS) is 14.9. The molecule has 0 bridgehead atoms. The van der Waals surface area contributed by atoms with Crippen molar-refractivity contribution in [3.63, 3.8) is 0 Å². The molecule has 9 heteroatoms. The van der Waals surface area contributed by atoms with Crippen molar-refractivity contribution in [1.29, 1.82) is 0 Å². The zero-order chi connectivity index (χ0) is 23.5. The molecule has 1 aromatic heterocycles. The molecule has 0 N–H and O–H groups in total. The fraction of sp³-hybridized carbons (Fsp3) is 0.125. The third kappa shape index (κ3) is 5.16. The third-order valence-corrected chi connectivity index (χ3v) is 6.43. The van der Waals surface area contributed by atoms with E-state index < -0.39 is 5.91 Å². The summed E-state index contributed by atoms with van der Waals surface area (Å²) in [6.45, 7) is 2.15. The average molecular weight is 502 g/mol. The van der Waals surface area contributed by atoms with Gasteiger partial charge in [0, 0.05) is 11.6 Å². The van der Waals surface area contributed by atoms with Gasteiger partial charge in [0.25, 0.3) is 11.1 Å². The number of carbonyl (C=O) groups excluding carboxylic acids is 3. The summed E-state index contributed by atoms with van der Waals surface area (Å²) in [5.74, 6) is 0.194. The van der Waals surface area contributed by atoms with Gasteiger partial charge in [-0.2, -0.15) is 0 Å². The number of rotatable bonds is 6. The first-order valence-electron chi connectivity index (χ1n) is 9.92. The van der Waals surface area contributed by atoms with Crippen LogP contribution in [-0.2, 0) is 16.1 Å². The summed E-state index contributed by atoms with van der Waals surface area (Å²) in [4.78, 5) is 38.4. The van der Waals surface area contributed by atoms with Crippen LogP contribution in [-0.4, -0.2) is 28.6 Å². The minimum Gasteiger partial charge on any atom is -0.462 e. The number of esters is 1. The number of nitrogens with zero attached hydrogens (tertiary/aromatic N) is 1. The zero-order valence-corrected chi connectivity index (χ0v) is 19.7. The van der Waals surface area contributed by atoms with Gasteiger partial charge in [0.05, 0.1) is 33.7 Å². The molecule has 1 aliphatic rings. The van der Waals surface area contributed by atoms with Crippen molar-refractivity contribution in [2.45, 2.75) is 13.5 Å². The molecule has 168 valence electrons. The molecule has 1 saturated heterocycles. The lowest BCUT2D eigenvalue weighted by Gasteiger charge is -2.12. The van der Waals surface area contributed by atoms with Crippen molar-refractivity contribution < 1.29 is 23.5 Å². The largest absolute Gasteiger partial charge is 0.462 e. The van der Waals surface area contributed by atoms with Crippen molar-refractivity contribution in [1.82, 2.24) is 4.90 Å². The van der Waals surface area contributed by atoms with Crippen molar-refractivity contribution >= 4 is 58.2 Å². The lowest BCUT2D eigenvalue weighted by Crippen LogP contribution is -2.27. The Kier molecular flexibility index (Phi) is 6.93. The Morgan fingerprint density at radius 3 is 2.52 bits per heavy atom. The van der Waals surface area contributed by atoms with E-state index in [2.05, 4.69) is 0 Å². The second-order valence-electron chi connectivity index (χ2n) is 7.02. The molecule has 0 spiro atoms. The van der Waals surface area contributed by atoms with E-state index in [1.54, 1.807) is 61.5 Å². The van der Waals surface area contributed by atoms with E-state index in [1.807, 2.05) is 0 Å². The lowest BCUT2D eigenvalue weighted by molar-refractivity contribution is -0.123. The number of benzene rings is 2. The summed E-state index contributed by atoms with van der Waals surface area (Å²) in [5, 5.41) is 0.382. The molecular weight excluding hydrogens is 485 g/mol. The van der Waals surface area contributed by atoms with Crippen LogP contribution < -0.4 is 0 Å². The second-order valence-corrected chi connectivity index (χ2v) is 8.82. The van der Waals surface area contributed by atoms with E-state index in [-0.39, 0.29) is 22.7 Å². The fourth-order valence-electron chi connectivity index (χ4n) is 3.16. The molecule has 3 aromatic rings. The molecule has 0 aliphatic carbocycles. The van der Waals surface area contributed by atoms with Crippen molar-refractivity contribution in [2.24, 2.45) is 0 Å². The maximum absolute atomic E-state index is 12.8. The van der Waals surface area contributed by atoms with E-state index in [4.69, 9.17) is 32.4 Å². The molecule has 1 aliphatic heterocycles. The highest BCUT2D eigenvalue weighted by Gasteiger charge is 2.35. The summed E-state index contributed by atoms with van der Waals surface area (Å²) in [5.41, 5.74) is 1.90. The molecule has 33 heavy (non-hydrogen) atoms. The number of imide groups is 1. The lowest BCUT2D eigenvalue weighted by atomic mass is 10.1. The zero-order valence-electron chi connectivity index (χ0n) is 17.3. The highest BCUT2D eigenvalue weighted by molar-refractivity contribution is 8.18. The highest BCUT2D eigenvalue weighted by atomic mass is 35.5. The van der Waals surface area contributed by atoms with Crippen LogP contribution in [0.4, 0.5) is 4.79 Å². The van der Waals surface area contributed by atoms with Crippen LogP contribution in [0.5, 0.6) is 0 Å². The van der Waals surface area contributed by atoms with Gasteiger partial charge < -0.3 is 9.15 Å². The number of hydrogen-bond donors (Lipinski definition) is 0. The van der Waals surface area contributed by atoms with Crippen LogP contribution in [0.1, 0.15) is 28.6 Å². The van der Waals surface area contributed by atoms with Crippen LogP contribution in [0.2, 0.25) is 10.0 Å². The van der Waals surface area contributed by atoms with Gasteiger partial charge in [0.15, 0.2) is 0 Å². The summed E-state index contributed by atoms with van der Waals surface area (Å²) in [7, 11) is 0. The topological polar surface area (TPSA) is 76.8 Å². The van der Waals surface area contributed by atoms with Gasteiger partial charge in [-0.25, -0.2) is 4.79 Å². The molecule has 0 atom stereocenters. The van der Waals surface area contributed by atoms with E-state index in [0.29, 0.717) is 39.3 Å². The Labute approximate surface area is 204 Å². The smallest absolute Gasteiger partial charge is 0.338 e. The average Bonchev–Trinajstić information content (AvgIpc) is 3.37. The van der Waals surface area contributed by atoms with Crippen LogP contribution in [0.25, 0.3) is 17.4 Å². The Morgan fingerprint density at radius 1 is 1.06 bits per heavy atom. The predicted molar refractivity (Wildman–Crippen MR) is 128 cm³/mol. The van der Waals surface area contributed by atoms with Gasteiger partial charge in [0.2, 0.25) is 0 Å². The monoisotopic (exact) mass is 501 g/mol. The van der Waals surface area contributed by atoms with Gasteiger partial charge in [-0.15, -0.1) is 0 Å². The number of amides is 2. The Balaban J connectivity index is 1.48. The predicted octanol–water partition coefficient (Wildman–Crippen LogP) is 6.67. The number of thioether (sulfide) groups is 1. The van der Waals surface area contributed by atoms with Crippen molar-refractivity contribution in [2.75, 3.05) is 6.61 Å². The molecule has 2 heterocycles. The molecule has 1 fully saturated rings.